The molecule has 2 heterocycles. The molecule has 1 fully saturated rings. The van der Waals surface area contributed by atoms with Gasteiger partial charge in [-0.3, -0.25) is 9.25 Å². The molecule has 3 rings (SSSR count). The van der Waals surface area contributed by atoms with Crippen LogP contribution in [0.1, 0.15) is 31.9 Å². The van der Waals surface area contributed by atoms with Crippen molar-refractivity contribution < 1.29 is 0 Å². The third-order valence-electron chi connectivity index (χ3n) is 4.02. The highest BCUT2D eigenvalue weighted by Crippen LogP contribution is 2.42. The molecule has 0 atom stereocenters. The van der Waals surface area contributed by atoms with Crippen molar-refractivity contribution in [3.8, 4) is 0 Å². The van der Waals surface area contributed by atoms with Crippen molar-refractivity contribution in [2.75, 3.05) is 5.73 Å². The van der Waals surface area contributed by atoms with E-state index in [1.54, 1.807) is 0 Å². The van der Waals surface area contributed by atoms with Crippen LogP contribution in [0, 0.1) is 12.3 Å². The maximum atomic E-state index is 6.03. The Kier molecular flexibility index (Phi) is 2.03. The van der Waals surface area contributed by atoms with Crippen LogP contribution in [0.15, 0.2) is 0 Å². The maximum Gasteiger partial charge on any atom is 0.202 e. The molecule has 2 aromatic rings. The Morgan fingerprint density at radius 1 is 1.41 bits per heavy atom. The predicted molar refractivity (Wildman–Crippen MR) is 67.6 cm³/mol. The lowest BCUT2D eigenvalue weighted by Crippen LogP contribution is -2.31. The number of nitrogens with zero attached hydrogens (tertiary/aromatic N) is 4. The highest BCUT2D eigenvalue weighted by Gasteiger charge is 2.33. The zero-order chi connectivity index (χ0) is 12.2. The van der Waals surface area contributed by atoms with Gasteiger partial charge in [-0.25, -0.2) is 4.98 Å². The van der Waals surface area contributed by atoms with Gasteiger partial charge in [0, 0.05) is 13.6 Å². The van der Waals surface area contributed by atoms with Crippen molar-refractivity contribution in [1.29, 1.82) is 0 Å². The number of aryl methyl sites for hydroxylation is 2. The van der Waals surface area contributed by atoms with E-state index in [0.717, 1.165) is 23.4 Å². The fraction of sp³-hybridized carbons (Fsp3) is 0.667. The molecule has 0 spiro atoms. The molecule has 1 saturated carbocycles. The summed E-state index contributed by atoms with van der Waals surface area (Å²) in [7, 11) is 1.95. The number of aromatic nitrogens is 4. The first-order valence-electron chi connectivity index (χ1n) is 6.15. The van der Waals surface area contributed by atoms with Crippen molar-refractivity contribution in [3.63, 3.8) is 0 Å². The largest absolute Gasteiger partial charge is 0.369 e. The molecular weight excluding hydrogens is 214 g/mol. The van der Waals surface area contributed by atoms with Crippen LogP contribution in [0.4, 0.5) is 5.95 Å². The first kappa shape index (κ1) is 10.6. The van der Waals surface area contributed by atoms with E-state index >= 15 is 0 Å². The highest BCUT2D eigenvalue weighted by molar-refractivity contribution is 5.77. The van der Waals surface area contributed by atoms with Crippen LogP contribution in [0.5, 0.6) is 0 Å². The number of nitrogen functional groups attached to an aromatic ring is 1. The fourth-order valence-electron chi connectivity index (χ4n) is 2.83. The van der Waals surface area contributed by atoms with Gasteiger partial charge in [-0.2, -0.15) is 5.10 Å². The first-order valence-corrected chi connectivity index (χ1v) is 6.15. The number of rotatable bonds is 2. The van der Waals surface area contributed by atoms with E-state index in [0.29, 0.717) is 11.4 Å². The van der Waals surface area contributed by atoms with E-state index < -0.39 is 0 Å². The topological polar surface area (TPSA) is 61.7 Å². The Morgan fingerprint density at radius 3 is 2.71 bits per heavy atom. The van der Waals surface area contributed by atoms with Gasteiger partial charge < -0.3 is 5.73 Å². The number of hydrogen-bond donors (Lipinski definition) is 1. The van der Waals surface area contributed by atoms with E-state index in [-0.39, 0.29) is 0 Å². The summed E-state index contributed by atoms with van der Waals surface area (Å²) in [6.45, 7) is 5.25. The summed E-state index contributed by atoms with van der Waals surface area (Å²) in [5, 5.41) is 4.40. The zero-order valence-electron chi connectivity index (χ0n) is 10.7. The van der Waals surface area contributed by atoms with Gasteiger partial charge >= 0.3 is 0 Å². The molecular formula is C12H19N5. The molecule has 0 radical (unpaired) electrons. The molecule has 1 aliphatic carbocycles. The molecule has 5 heteroatoms. The second kappa shape index (κ2) is 3.24. The van der Waals surface area contributed by atoms with Crippen LogP contribution in [0.3, 0.4) is 0 Å². The van der Waals surface area contributed by atoms with Gasteiger partial charge in [-0.15, -0.1) is 0 Å². The van der Waals surface area contributed by atoms with Crippen molar-refractivity contribution in [3.05, 3.63) is 5.69 Å². The summed E-state index contributed by atoms with van der Waals surface area (Å²) in [5.41, 5.74) is 9.36. The molecule has 92 valence electrons. The van der Waals surface area contributed by atoms with E-state index in [1.165, 1.54) is 19.3 Å². The SMILES string of the molecule is Cc1nn(C)c2c1nc(N)n2CC1(C)CCC1. The molecule has 17 heavy (non-hydrogen) atoms. The summed E-state index contributed by atoms with van der Waals surface area (Å²) in [5.74, 6) is 0.615. The van der Waals surface area contributed by atoms with Crippen LogP contribution in [0.25, 0.3) is 11.2 Å². The molecule has 1 aliphatic rings. The number of hydrogen-bond acceptors (Lipinski definition) is 3. The van der Waals surface area contributed by atoms with E-state index in [4.69, 9.17) is 5.73 Å². The van der Waals surface area contributed by atoms with Gasteiger partial charge in [-0.1, -0.05) is 13.3 Å². The minimum Gasteiger partial charge on any atom is -0.369 e. The summed E-state index contributed by atoms with van der Waals surface area (Å²) in [6, 6.07) is 0. The lowest BCUT2D eigenvalue weighted by atomic mass is 9.70. The van der Waals surface area contributed by atoms with Gasteiger partial charge in [0.2, 0.25) is 5.95 Å². The Balaban J connectivity index is 2.11. The molecule has 0 aromatic carbocycles. The van der Waals surface area contributed by atoms with Crippen molar-refractivity contribution in [1.82, 2.24) is 19.3 Å². The van der Waals surface area contributed by atoms with Crippen molar-refractivity contribution >= 4 is 17.1 Å². The van der Waals surface area contributed by atoms with Crippen LogP contribution < -0.4 is 5.73 Å². The maximum absolute atomic E-state index is 6.03. The Morgan fingerprint density at radius 2 is 2.12 bits per heavy atom. The Labute approximate surface area is 101 Å². The van der Waals surface area contributed by atoms with Crippen molar-refractivity contribution in [2.24, 2.45) is 12.5 Å². The quantitative estimate of drug-likeness (QED) is 0.861. The first-order chi connectivity index (χ1) is 8.00. The predicted octanol–water partition coefficient (Wildman–Crippen LogP) is 1.85. The summed E-state index contributed by atoms with van der Waals surface area (Å²) in [6.07, 6.45) is 3.89. The van der Waals surface area contributed by atoms with Crippen LogP contribution in [-0.2, 0) is 13.6 Å². The second-order valence-corrected chi connectivity index (χ2v) is 5.60. The lowest BCUT2D eigenvalue weighted by molar-refractivity contribution is 0.134. The smallest absolute Gasteiger partial charge is 0.202 e. The Hall–Kier alpha value is -1.52. The lowest BCUT2D eigenvalue weighted by Gasteiger charge is -2.38. The van der Waals surface area contributed by atoms with Crippen LogP contribution in [-0.4, -0.2) is 19.3 Å². The number of imidazole rings is 1. The molecule has 0 aliphatic heterocycles. The molecule has 0 bridgehead atoms. The fourth-order valence-corrected chi connectivity index (χ4v) is 2.83. The normalized spacial score (nSPS) is 18.5. The third-order valence-corrected chi connectivity index (χ3v) is 4.02. The minimum absolute atomic E-state index is 0.389. The Bertz CT molecular complexity index is 573. The zero-order valence-corrected chi connectivity index (χ0v) is 10.7. The molecule has 0 amide bonds. The number of nitrogens with two attached hydrogens (primary N) is 1. The molecule has 0 unspecified atom stereocenters. The average molecular weight is 233 g/mol. The minimum atomic E-state index is 0.389. The summed E-state index contributed by atoms with van der Waals surface area (Å²) >= 11 is 0. The van der Waals surface area contributed by atoms with Gasteiger partial charge in [-0.05, 0) is 25.2 Å². The number of anilines is 1. The van der Waals surface area contributed by atoms with Crippen molar-refractivity contribution in [2.45, 2.75) is 39.7 Å². The van der Waals surface area contributed by atoms with E-state index in [2.05, 4.69) is 21.6 Å². The van der Waals surface area contributed by atoms with Crippen LogP contribution in [0.2, 0.25) is 0 Å². The average Bonchev–Trinajstić information content (AvgIpc) is 2.66. The second-order valence-electron chi connectivity index (χ2n) is 5.60. The standard InChI is InChI=1S/C12H19N5/c1-8-9-10(16(3)15-8)17(11(13)14-9)7-12(2)5-4-6-12/h4-7H2,1-3H3,(H2,13,14). The van der Waals surface area contributed by atoms with Gasteiger partial charge in [0.05, 0.1) is 5.69 Å². The molecule has 2 aromatic heterocycles. The monoisotopic (exact) mass is 233 g/mol. The number of fused-ring (bicyclic) bond motifs is 1. The van der Waals surface area contributed by atoms with Gasteiger partial charge in [0.25, 0.3) is 0 Å². The van der Waals surface area contributed by atoms with E-state index in [9.17, 15) is 0 Å². The van der Waals surface area contributed by atoms with Crippen LogP contribution >= 0.6 is 0 Å². The summed E-state index contributed by atoms with van der Waals surface area (Å²) in [4.78, 5) is 4.43. The summed E-state index contributed by atoms with van der Waals surface area (Å²) < 4.78 is 4.00. The third kappa shape index (κ3) is 1.45. The van der Waals surface area contributed by atoms with Gasteiger partial charge in [0.1, 0.15) is 5.52 Å². The highest BCUT2D eigenvalue weighted by atomic mass is 15.3. The van der Waals surface area contributed by atoms with E-state index in [1.807, 2.05) is 18.7 Å². The molecule has 2 N–H and O–H groups in total. The molecule has 0 saturated heterocycles. The van der Waals surface area contributed by atoms with Gasteiger partial charge in [0.15, 0.2) is 5.65 Å². The molecule has 5 nitrogen and oxygen atoms in total.